The number of fused-ring (bicyclic) bond motifs is 1. The van der Waals surface area contributed by atoms with Crippen LogP contribution in [0.15, 0.2) is 68.4 Å². The summed E-state index contributed by atoms with van der Waals surface area (Å²) in [5.74, 6) is 0. The number of halogens is 2. The molecular weight excluding hydrogens is 549 g/mol. The predicted molar refractivity (Wildman–Crippen MR) is 118 cm³/mol. The van der Waals surface area contributed by atoms with Crippen LogP contribution in [0, 0.1) is 0 Å². The van der Waals surface area contributed by atoms with Gasteiger partial charge < -0.3 is 9.79 Å². The molecule has 3 rings (SSSR count). The van der Waals surface area contributed by atoms with E-state index in [9.17, 15) is 27.6 Å². The second-order valence-electron chi connectivity index (χ2n) is 6.10. The maximum absolute atomic E-state index is 13.3. The molecule has 0 aliphatic carbocycles. The molecule has 3 aromatic rings. The number of sulfonamides is 1. The number of carbonyl (C=O) groups excluding carboxylic acids is 1. The normalized spacial score (nSPS) is 12.1. The van der Waals surface area contributed by atoms with Crippen LogP contribution < -0.4 is 4.31 Å². The first-order chi connectivity index (χ1) is 13.5. The van der Waals surface area contributed by atoms with Crippen LogP contribution in [-0.4, -0.2) is 30.8 Å². The second kappa shape index (κ2) is 8.29. The molecule has 0 aliphatic rings. The summed E-state index contributed by atoms with van der Waals surface area (Å²) in [6, 6.07) is 14.1. The van der Waals surface area contributed by atoms with Crippen LogP contribution in [0.1, 0.15) is 10.4 Å². The molecular formula is C18H14Br2NO6PS. The Balaban J connectivity index is 2.30. The van der Waals surface area contributed by atoms with E-state index < -0.39 is 23.9 Å². The molecule has 0 bridgehead atoms. The van der Waals surface area contributed by atoms with Gasteiger partial charge in [0.2, 0.25) is 0 Å². The highest BCUT2D eigenvalue weighted by atomic mass is 79.9. The zero-order valence-electron chi connectivity index (χ0n) is 14.6. The second-order valence-corrected chi connectivity index (χ2v) is 11.4. The molecule has 0 amide bonds. The van der Waals surface area contributed by atoms with Crippen LogP contribution in [0.4, 0.5) is 5.69 Å². The average molecular weight is 563 g/mol. The van der Waals surface area contributed by atoms with Crippen molar-refractivity contribution in [1.29, 1.82) is 0 Å². The van der Waals surface area contributed by atoms with Gasteiger partial charge in [-0.3, -0.25) is 13.7 Å². The lowest BCUT2D eigenvalue weighted by Crippen LogP contribution is -2.33. The molecule has 0 radical (unpaired) electrons. The van der Waals surface area contributed by atoms with E-state index in [0.29, 0.717) is 30.3 Å². The number of aldehydes is 1. The van der Waals surface area contributed by atoms with Gasteiger partial charge in [0, 0.05) is 14.5 Å². The molecule has 0 saturated carbocycles. The van der Waals surface area contributed by atoms with Gasteiger partial charge in [-0.25, -0.2) is 8.42 Å². The summed E-state index contributed by atoms with van der Waals surface area (Å²) in [5.41, 5.74) is -0.0905. The standard InChI is InChI=1S/C18H14Br2NO6PS/c19-13-7-14(20)9-15(8-13)29(26,27)21(11-28(23,24)25)18-6-5-12-3-1-2-4-16(12)17(18)10-22/h1-10H,11H2,(H2,23,24,25). The van der Waals surface area contributed by atoms with Crippen molar-refractivity contribution in [2.45, 2.75) is 4.90 Å². The number of carbonyl (C=O) groups is 1. The Kier molecular flexibility index (Phi) is 6.33. The lowest BCUT2D eigenvalue weighted by Gasteiger charge is -2.26. The van der Waals surface area contributed by atoms with Crippen molar-refractivity contribution in [1.82, 2.24) is 0 Å². The number of nitrogens with zero attached hydrogens (tertiary/aromatic N) is 1. The highest BCUT2D eigenvalue weighted by Crippen LogP contribution is 2.41. The topological polar surface area (TPSA) is 112 Å². The fraction of sp³-hybridized carbons (Fsp3) is 0.0556. The van der Waals surface area contributed by atoms with Crippen molar-refractivity contribution >= 4 is 72.2 Å². The molecule has 0 fully saturated rings. The third-order valence-corrected chi connectivity index (χ3v) is 7.57. The summed E-state index contributed by atoms with van der Waals surface area (Å²) in [7, 11) is -9.22. The summed E-state index contributed by atoms with van der Waals surface area (Å²) in [6.45, 7) is 0. The van der Waals surface area contributed by atoms with Crippen LogP contribution >= 0.6 is 39.5 Å². The Morgan fingerprint density at radius 1 is 1.00 bits per heavy atom. The molecule has 0 unspecified atom stereocenters. The lowest BCUT2D eigenvalue weighted by atomic mass is 10.0. The van der Waals surface area contributed by atoms with Gasteiger partial charge in [-0.15, -0.1) is 0 Å². The van der Waals surface area contributed by atoms with Gasteiger partial charge in [0.15, 0.2) is 6.29 Å². The Bertz CT molecular complexity index is 1240. The maximum Gasteiger partial charge on any atom is 0.345 e. The van der Waals surface area contributed by atoms with Crippen molar-refractivity contribution in [3.63, 3.8) is 0 Å². The fourth-order valence-corrected chi connectivity index (χ4v) is 7.25. The van der Waals surface area contributed by atoms with Crippen LogP contribution in [0.25, 0.3) is 10.8 Å². The van der Waals surface area contributed by atoms with E-state index in [0.717, 1.165) is 0 Å². The van der Waals surface area contributed by atoms with Crippen LogP contribution in [0.5, 0.6) is 0 Å². The Hall–Kier alpha value is -1.55. The van der Waals surface area contributed by atoms with Crippen LogP contribution in [0.3, 0.4) is 0 Å². The van der Waals surface area contributed by atoms with Crippen molar-refractivity contribution in [2.24, 2.45) is 0 Å². The summed E-state index contributed by atoms with van der Waals surface area (Å²) < 4.78 is 40.0. The van der Waals surface area contributed by atoms with Crippen LogP contribution in [0.2, 0.25) is 0 Å². The van der Waals surface area contributed by atoms with Gasteiger partial charge in [0.25, 0.3) is 10.0 Å². The van der Waals surface area contributed by atoms with E-state index in [-0.39, 0.29) is 16.1 Å². The van der Waals surface area contributed by atoms with Crippen LogP contribution in [-0.2, 0) is 14.6 Å². The van der Waals surface area contributed by atoms with Crippen molar-refractivity contribution in [3.8, 4) is 0 Å². The number of rotatable bonds is 6. The van der Waals surface area contributed by atoms with E-state index in [1.165, 1.54) is 18.2 Å². The number of hydrogen-bond donors (Lipinski definition) is 2. The third kappa shape index (κ3) is 4.79. The first kappa shape index (κ1) is 22.1. The van der Waals surface area contributed by atoms with Gasteiger partial charge in [-0.2, -0.15) is 0 Å². The minimum Gasteiger partial charge on any atom is -0.323 e. The number of anilines is 1. The Morgan fingerprint density at radius 2 is 1.62 bits per heavy atom. The molecule has 29 heavy (non-hydrogen) atoms. The zero-order chi connectivity index (χ0) is 21.4. The van der Waals surface area contributed by atoms with Gasteiger partial charge in [0.1, 0.15) is 6.29 Å². The van der Waals surface area contributed by atoms with E-state index >= 15 is 0 Å². The summed E-state index contributed by atoms with van der Waals surface area (Å²) in [4.78, 5) is 30.7. The van der Waals surface area contributed by atoms with Crippen molar-refractivity contribution in [2.75, 3.05) is 10.6 Å². The molecule has 2 N–H and O–H groups in total. The molecule has 0 aromatic heterocycles. The first-order valence-corrected chi connectivity index (χ1v) is 12.9. The molecule has 0 heterocycles. The summed E-state index contributed by atoms with van der Waals surface area (Å²) in [5, 5.41) is 1.17. The SMILES string of the molecule is O=Cc1c(N(CP(=O)(O)O)S(=O)(=O)c2cc(Br)cc(Br)c2)ccc2ccccc12. The monoisotopic (exact) mass is 561 g/mol. The van der Waals surface area contributed by atoms with E-state index in [1.807, 2.05) is 0 Å². The number of benzene rings is 3. The van der Waals surface area contributed by atoms with Crippen molar-refractivity contribution < 1.29 is 27.6 Å². The van der Waals surface area contributed by atoms with E-state index in [2.05, 4.69) is 31.9 Å². The molecule has 152 valence electrons. The molecule has 0 aliphatic heterocycles. The van der Waals surface area contributed by atoms with Gasteiger partial charge in [0.05, 0.1) is 10.6 Å². The number of hydrogen-bond acceptors (Lipinski definition) is 4. The quantitative estimate of drug-likeness (QED) is 0.338. The lowest BCUT2D eigenvalue weighted by molar-refractivity contribution is 0.112. The summed E-state index contributed by atoms with van der Waals surface area (Å²) >= 11 is 6.42. The smallest absolute Gasteiger partial charge is 0.323 e. The van der Waals surface area contributed by atoms with Gasteiger partial charge in [-0.05, 0) is 35.0 Å². The molecule has 0 saturated heterocycles. The van der Waals surface area contributed by atoms with Gasteiger partial charge in [-0.1, -0.05) is 62.2 Å². The molecule has 7 nitrogen and oxygen atoms in total. The van der Waals surface area contributed by atoms with E-state index in [4.69, 9.17) is 0 Å². The summed E-state index contributed by atoms with van der Waals surface area (Å²) in [6.07, 6.45) is -0.630. The largest absolute Gasteiger partial charge is 0.345 e. The van der Waals surface area contributed by atoms with Crippen molar-refractivity contribution in [3.05, 3.63) is 69.1 Å². The Labute approximate surface area is 183 Å². The van der Waals surface area contributed by atoms with E-state index in [1.54, 1.807) is 36.4 Å². The highest BCUT2D eigenvalue weighted by Gasteiger charge is 2.33. The predicted octanol–water partition coefficient (Wildman–Crippen LogP) is 4.51. The zero-order valence-corrected chi connectivity index (χ0v) is 19.4. The highest BCUT2D eigenvalue weighted by molar-refractivity contribution is 9.11. The Morgan fingerprint density at radius 3 is 2.21 bits per heavy atom. The average Bonchev–Trinajstić information content (AvgIpc) is 2.63. The minimum atomic E-state index is -4.81. The minimum absolute atomic E-state index is 0.0224. The molecule has 0 atom stereocenters. The maximum atomic E-state index is 13.3. The third-order valence-electron chi connectivity index (χ3n) is 4.07. The first-order valence-electron chi connectivity index (χ1n) is 8.03. The molecule has 0 spiro atoms. The van der Waals surface area contributed by atoms with Gasteiger partial charge >= 0.3 is 7.60 Å². The molecule has 11 heteroatoms. The molecule has 3 aromatic carbocycles. The fourth-order valence-electron chi connectivity index (χ4n) is 2.88.